The average molecular weight is 460 g/mol. The van der Waals surface area contributed by atoms with Crippen molar-refractivity contribution in [3.8, 4) is 23.1 Å². The van der Waals surface area contributed by atoms with Gasteiger partial charge in [0.15, 0.2) is 5.69 Å². The molecule has 10 nitrogen and oxygen atoms in total. The maximum Gasteiger partial charge on any atom is 0.325 e. The Hall–Kier alpha value is -3.97. The highest BCUT2D eigenvalue weighted by molar-refractivity contribution is 6.07. The van der Waals surface area contributed by atoms with Gasteiger partial charge in [0.1, 0.15) is 29.5 Å². The molecule has 2 fully saturated rings. The van der Waals surface area contributed by atoms with E-state index < -0.39 is 5.54 Å². The number of nitrogens with one attached hydrogen (secondary N) is 2. The SMILES string of the molecule is Cc1cc(-c2cc3c(ncn3C)c(C#N)n2)ccc1OCCN1C(=O)NC2(CCNCC2)C1=O. The van der Waals surface area contributed by atoms with E-state index in [4.69, 9.17) is 4.74 Å². The van der Waals surface area contributed by atoms with Crippen LogP contribution < -0.4 is 15.4 Å². The van der Waals surface area contributed by atoms with E-state index in [9.17, 15) is 14.9 Å². The number of urea groups is 1. The molecule has 1 spiro atoms. The number of hydrogen-bond acceptors (Lipinski definition) is 7. The summed E-state index contributed by atoms with van der Waals surface area (Å²) in [6.07, 6.45) is 2.86. The van der Waals surface area contributed by atoms with Crippen molar-refractivity contribution in [1.82, 2.24) is 30.1 Å². The summed E-state index contributed by atoms with van der Waals surface area (Å²) in [5, 5.41) is 15.6. The van der Waals surface area contributed by atoms with E-state index in [2.05, 4.69) is 26.7 Å². The number of imide groups is 1. The maximum atomic E-state index is 12.9. The van der Waals surface area contributed by atoms with Crippen molar-refractivity contribution in [2.75, 3.05) is 26.2 Å². The lowest BCUT2D eigenvalue weighted by Crippen LogP contribution is -2.54. The summed E-state index contributed by atoms with van der Waals surface area (Å²) in [5.74, 6) is 0.495. The molecular weight excluding hydrogens is 434 g/mol. The minimum atomic E-state index is -0.774. The van der Waals surface area contributed by atoms with Crippen LogP contribution in [-0.4, -0.2) is 63.2 Å². The highest BCUT2D eigenvalue weighted by Crippen LogP contribution is 2.29. The van der Waals surface area contributed by atoms with E-state index in [1.165, 1.54) is 4.90 Å². The molecule has 0 saturated carbocycles. The number of fused-ring (bicyclic) bond motifs is 1. The lowest BCUT2D eigenvalue weighted by molar-refractivity contribution is -0.132. The lowest BCUT2D eigenvalue weighted by Gasteiger charge is -2.31. The predicted octanol–water partition coefficient (Wildman–Crippen LogP) is 1.87. The predicted molar refractivity (Wildman–Crippen MR) is 124 cm³/mol. The van der Waals surface area contributed by atoms with Crippen LogP contribution in [0, 0.1) is 18.3 Å². The zero-order valence-corrected chi connectivity index (χ0v) is 19.1. The fraction of sp³-hybridized carbons (Fsp3) is 0.375. The number of hydrogen-bond donors (Lipinski definition) is 2. The first kappa shape index (κ1) is 21.9. The number of ether oxygens (including phenoxy) is 1. The van der Waals surface area contributed by atoms with Crippen LogP contribution in [0.4, 0.5) is 4.79 Å². The Balaban J connectivity index is 1.28. The fourth-order valence-corrected chi connectivity index (χ4v) is 4.64. The normalized spacial score (nSPS) is 17.3. The van der Waals surface area contributed by atoms with Gasteiger partial charge in [-0.1, -0.05) is 0 Å². The molecule has 34 heavy (non-hydrogen) atoms. The Kier molecular flexibility index (Phi) is 5.42. The molecule has 174 valence electrons. The third-order valence-corrected chi connectivity index (χ3v) is 6.56. The van der Waals surface area contributed by atoms with Gasteiger partial charge in [-0.3, -0.25) is 9.69 Å². The molecular formula is C24H25N7O3. The molecule has 0 atom stereocenters. The van der Waals surface area contributed by atoms with Crippen LogP contribution in [0.1, 0.15) is 24.1 Å². The molecule has 0 aliphatic carbocycles. The number of nitrogens with zero attached hydrogens (tertiary/aromatic N) is 5. The number of piperidine rings is 1. The van der Waals surface area contributed by atoms with E-state index in [1.54, 1.807) is 6.33 Å². The summed E-state index contributed by atoms with van der Waals surface area (Å²) < 4.78 is 7.77. The molecule has 4 heterocycles. The number of rotatable bonds is 5. The molecule has 0 radical (unpaired) electrons. The van der Waals surface area contributed by atoms with Crippen molar-refractivity contribution in [3.63, 3.8) is 0 Å². The van der Waals surface area contributed by atoms with E-state index in [-0.39, 0.29) is 30.8 Å². The molecule has 5 rings (SSSR count). The Bertz CT molecular complexity index is 1330. The third kappa shape index (κ3) is 3.64. The summed E-state index contributed by atoms with van der Waals surface area (Å²) in [4.78, 5) is 35.3. The van der Waals surface area contributed by atoms with Crippen LogP contribution in [0.15, 0.2) is 30.6 Å². The van der Waals surface area contributed by atoms with Crippen molar-refractivity contribution in [3.05, 3.63) is 41.9 Å². The van der Waals surface area contributed by atoms with Gasteiger partial charge in [0, 0.05) is 12.6 Å². The van der Waals surface area contributed by atoms with Crippen LogP contribution >= 0.6 is 0 Å². The van der Waals surface area contributed by atoms with Gasteiger partial charge < -0.3 is 19.9 Å². The summed E-state index contributed by atoms with van der Waals surface area (Å²) in [7, 11) is 1.88. The Labute approximate surface area is 196 Å². The van der Waals surface area contributed by atoms with E-state index in [0.29, 0.717) is 42.9 Å². The Morgan fingerprint density at radius 2 is 2.03 bits per heavy atom. The minimum Gasteiger partial charge on any atom is -0.491 e. The maximum absolute atomic E-state index is 12.9. The monoisotopic (exact) mass is 459 g/mol. The Morgan fingerprint density at radius 1 is 1.24 bits per heavy atom. The smallest absolute Gasteiger partial charge is 0.325 e. The van der Waals surface area contributed by atoms with Crippen LogP contribution in [0.2, 0.25) is 0 Å². The number of benzene rings is 1. The molecule has 10 heteroatoms. The summed E-state index contributed by atoms with van der Waals surface area (Å²) in [6.45, 7) is 3.72. The third-order valence-electron chi connectivity index (χ3n) is 6.56. The zero-order chi connectivity index (χ0) is 23.9. The van der Waals surface area contributed by atoms with Gasteiger partial charge in [-0.2, -0.15) is 5.26 Å². The van der Waals surface area contributed by atoms with Gasteiger partial charge in [-0.25, -0.2) is 14.8 Å². The van der Waals surface area contributed by atoms with Gasteiger partial charge in [-0.15, -0.1) is 0 Å². The van der Waals surface area contributed by atoms with Gasteiger partial charge in [-0.05, 0) is 62.7 Å². The summed E-state index contributed by atoms with van der Waals surface area (Å²) >= 11 is 0. The molecule has 2 aromatic heterocycles. The number of imidazole rings is 1. The first-order chi connectivity index (χ1) is 16.4. The van der Waals surface area contributed by atoms with Crippen LogP contribution in [0.3, 0.4) is 0 Å². The van der Waals surface area contributed by atoms with Crippen LogP contribution in [-0.2, 0) is 11.8 Å². The molecule has 1 aromatic carbocycles. The van der Waals surface area contributed by atoms with Gasteiger partial charge in [0.05, 0.1) is 24.1 Å². The topological polar surface area (TPSA) is 125 Å². The van der Waals surface area contributed by atoms with Crippen LogP contribution in [0.25, 0.3) is 22.3 Å². The zero-order valence-electron chi connectivity index (χ0n) is 19.1. The van der Waals surface area contributed by atoms with Crippen molar-refractivity contribution < 1.29 is 14.3 Å². The molecule has 2 saturated heterocycles. The molecule has 3 aromatic rings. The van der Waals surface area contributed by atoms with E-state index in [1.807, 2.05) is 42.8 Å². The van der Waals surface area contributed by atoms with E-state index in [0.717, 1.165) is 16.6 Å². The fourth-order valence-electron chi connectivity index (χ4n) is 4.64. The Morgan fingerprint density at radius 3 is 2.76 bits per heavy atom. The van der Waals surface area contributed by atoms with Crippen molar-refractivity contribution >= 4 is 23.0 Å². The highest BCUT2D eigenvalue weighted by Gasteiger charge is 2.51. The number of pyridine rings is 1. The first-order valence-corrected chi connectivity index (χ1v) is 11.2. The summed E-state index contributed by atoms with van der Waals surface area (Å²) in [6, 6.07) is 9.34. The molecule has 2 N–H and O–H groups in total. The van der Waals surface area contributed by atoms with Crippen LogP contribution in [0.5, 0.6) is 5.75 Å². The largest absolute Gasteiger partial charge is 0.491 e. The number of aromatic nitrogens is 3. The quantitative estimate of drug-likeness (QED) is 0.558. The molecule has 0 unspecified atom stereocenters. The van der Waals surface area contributed by atoms with Gasteiger partial charge in [0.2, 0.25) is 0 Å². The van der Waals surface area contributed by atoms with Gasteiger partial charge in [0.25, 0.3) is 5.91 Å². The summed E-state index contributed by atoms with van der Waals surface area (Å²) in [5.41, 5.74) is 3.34. The molecule has 2 aliphatic heterocycles. The number of carbonyl (C=O) groups is 2. The second-order valence-electron chi connectivity index (χ2n) is 8.74. The second-order valence-corrected chi connectivity index (χ2v) is 8.74. The number of carbonyl (C=O) groups excluding carboxylic acids is 2. The van der Waals surface area contributed by atoms with Crippen molar-refractivity contribution in [2.45, 2.75) is 25.3 Å². The molecule has 2 aliphatic rings. The molecule has 3 amide bonds. The minimum absolute atomic E-state index is 0.167. The first-order valence-electron chi connectivity index (χ1n) is 11.2. The number of amides is 3. The van der Waals surface area contributed by atoms with E-state index >= 15 is 0 Å². The van der Waals surface area contributed by atoms with Crippen molar-refractivity contribution in [1.29, 1.82) is 5.26 Å². The highest BCUT2D eigenvalue weighted by atomic mass is 16.5. The molecule has 0 bridgehead atoms. The standard InChI is InChI=1S/C24H25N7O3/c1-15-11-16(17-12-19-21(18(13-25)28-17)27-14-30(19)2)3-4-20(15)34-10-9-31-22(32)24(29-23(31)33)5-7-26-8-6-24/h3-4,11-12,14,26H,5-10H2,1-2H3,(H,29,33). The van der Waals surface area contributed by atoms with Crippen molar-refractivity contribution in [2.24, 2.45) is 7.05 Å². The number of aryl methyl sites for hydroxylation is 2. The number of nitriles is 1. The lowest BCUT2D eigenvalue weighted by atomic mass is 9.88. The second kappa shape index (κ2) is 8.43. The average Bonchev–Trinajstić information content (AvgIpc) is 3.32. The van der Waals surface area contributed by atoms with Gasteiger partial charge >= 0.3 is 6.03 Å².